The summed E-state index contributed by atoms with van der Waals surface area (Å²) in [6.45, 7) is 0.623. The molecule has 3 aromatic rings. The summed E-state index contributed by atoms with van der Waals surface area (Å²) >= 11 is 0. The first-order valence-corrected chi connectivity index (χ1v) is 7.55. The summed E-state index contributed by atoms with van der Waals surface area (Å²) in [5, 5.41) is 12.9. The molecule has 0 unspecified atom stereocenters. The van der Waals surface area contributed by atoms with Crippen LogP contribution in [0.3, 0.4) is 0 Å². The highest BCUT2D eigenvalue weighted by molar-refractivity contribution is 5.97. The van der Waals surface area contributed by atoms with E-state index in [9.17, 15) is 9.90 Å². The van der Waals surface area contributed by atoms with Gasteiger partial charge in [0.25, 0.3) is 5.91 Å². The molecule has 1 aliphatic rings. The number of anilines is 1. The fourth-order valence-corrected chi connectivity index (χ4v) is 2.81. The Morgan fingerprint density at radius 1 is 1.21 bits per heavy atom. The molecular formula is C17H15N5O2. The highest BCUT2D eigenvalue weighted by Crippen LogP contribution is 2.32. The third-order valence-electron chi connectivity index (χ3n) is 4.04. The van der Waals surface area contributed by atoms with Crippen LogP contribution in [-0.4, -0.2) is 32.5 Å². The molecule has 2 aromatic heterocycles. The summed E-state index contributed by atoms with van der Waals surface area (Å²) < 4.78 is 0. The second-order valence-corrected chi connectivity index (χ2v) is 5.59. The van der Waals surface area contributed by atoms with Crippen LogP contribution in [0.15, 0.2) is 36.5 Å². The number of amides is 1. The van der Waals surface area contributed by atoms with E-state index in [0.717, 1.165) is 17.8 Å². The van der Waals surface area contributed by atoms with Crippen LogP contribution in [0.4, 0.5) is 5.69 Å². The third kappa shape index (κ3) is 2.26. The van der Waals surface area contributed by atoms with E-state index < -0.39 is 0 Å². The van der Waals surface area contributed by atoms with E-state index >= 15 is 0 Å². The molecule has 1 aliphatic heterocycles. The van der Waals surface area contributed by atoms with Crippen LogP contribution in [0, 0.1) is 0 Å². The molecule has 0 atom stereocenters. The highest BCUT2D eigenvalue weighted by Gasteiger charge is 2.20. The van der Waals surface area contributed by atoms with Crippen LogP contribution >= 0.6 is 0 Å². The van der Waals surface area contributed by atoms with Crippen LogP contribution in [-0.2, 0) is 6.42 Å². The minimum atomic E-state index is -0.0819. The van der Waals surface area contributed by atoms with Crippen molar-refractivity contribution in [3.63, 3.8) is 0 Å². The van der Waals surface area contributed by atoms with Gasteiger partial charge in [-0.2, -0.15) is 0 Å². The molecule has 24 heavy (non-hydrogen) atoms. The van der Waals surface area contributed by atoms with Gasteiger partial charge in [-0.25, -0.2) is 9.97 Å². The summed E-state index contributed by atoms with van der Waals surface area (Å²) in [6.07, 6.45) is 2.37. The molecule has 1 aromatic carbocycles. The van der Waals surface area contributed by atoms with Gasteiger partial charge in [-0.05, 0) is 24.3 Å². The second kappa shape index (κ2) is 5.38. The number of nitrogens with one attached hydrogen (secondary N) is 2. The number of carbonyl (C=O) groups is 1. The Morgan fingerprint density at radius 2 is 2.08 bits per heavy atom. The molecular weight excluding hydrogens is 306 g/mol. The standard InChI is InChI=1S/C17H15N5O2/c18-11-3-1-2-9(15(11)23)16-19-6-5-13(22-16)14-8-10-12(21-14)4-7-20-17(10)24/h1-3,5-6,8,21,23H,4,7,18H2,(H,20,24). The SMILES string of the molecule is Nc1cccc(-c2nccc(-c3cc4c([nH]3)CCNC4=O)n2)c1O. The van der Waals surface area contributed by atoms with Crippen LogP contribution in [0.25, 0.3) is 22.8 Å². The normalized spacial score (nSPS) is 13.4. The van der Waals surface area contributed by atoms with Crippen molar-refractivity contribution in [2.45, 2.75) is 6.42 Å². The largest absolute Gasteiger partial charge is 0.505 e. The summed E-state index contributed by atoms with van der Waals surface area (Å²) in [5.41, 5.74) is 9.40. The Balaban J connectivity index is 1.78. The van der Waals surface area contributed by atoms with Gasteiger partial charge in [0.1, 0.15) is 5.75 Å². The number of phenols is 1. The zero-order chi connectivity index (χ0) is 16.7. The molecule has 0 bridgehead atoms. The number of fused-ring (bicyclic) bond motifs is 1. The number of hydrogen-bond donors (Lipinski definition) is 4. The first-order valence-electron chi connectivity index (χ1n) is 7.55. The Hall–Kier alpha value is -3.35. The summed E-state index contributed by atoms with van der Waals surface area (Å²) in [4.78, 5) is 23.8. The van der Waals surface area contributed by atoms with Gasteiger partial charge in [-0.3, -0.25) is 4.79 Å². The number of nitrogens with two attached hydrogens (primary N) is 1. The van der Waals surface area contributed by atoms with Crippen LogP contribution < -0.4 is 11.1 Å². The zero-order valence-corrected chi connectivity index (χ0v) is 12.7. The van der Waals surface area contributed by atoms with E-state index in [2.05, 4.69) is 20.3 Å². The first-order chi connectivity index (χ1) is 11.6. The van der Waals surface area contributed by atoms with Crippen LogP contribution in [0.5, 0.6) is 5.75 Å². The number of phenolic OH excluding ortho intramolecular Hbond substituents is 1. The monoisotopic (exact) mass is 321 g/mol. The second-order valence-electron chi connectivity index (χ2n) is 5.59. The number of benzene rings is 1. The number of H-pyrrole nitrogens is 1. The summed E-state index contributed by atoms with van der Waals surface area (Å²) in [6, 6.07) is 8.59. The Bertz CT molecular complexity index is 948. The number of nitrogens with zero attached hydrogens (tertiary/aromatic N) is 2. The molecule has 3 heterocycles. The predicted molar refractivity (Wildman–Crippen MR) is 89.4 cm³/mol. The maximum Gasteiger partial charge on any atom is 0.253 e. The summed E-state index contributed by atoms with van der Waals surface area (Å²) in [7, 11) is 0. The molecule has 0 spiro atoms. The lowest BCUT2D eigenvalue weighted by molar-refractivity contribution is 0.0946. The highest BCUT2D eigenvalue weighted by atomic mass is 16.3. The molecule has 5 N–H and O–H groups in total. The van der Waals surface area contributed by atoms with Gasteiger partial charge in [0.15, 0.2) is 5.82 Å². The van der Waals surface area contributed by atoms with E-state index in [0.29, 0.717) is 29.2 Å². The first kappa shape index (κ1) is 14.3. The number of carbonyl (C=O) groups excluding carboxylic acids is 1. The number of nitrogen functional groups attached to an aromatic ring is 1. The molecule has 7 heteroatoms. The van der Waals surface area contributed by atoms with Crippen molar-refractivity contribution in [2.24, 2.45) is 0 Å². The van der Waals surface area contributed by atoms with Crippen molar-refractivity contribution in [3.05, 3.63) is 47.8 Å². The number of aromatic hydroxyl groups is 1. The molecule has 0 radical (unpaired) electrons. The molecule has 4 rings (SSSR count). The molecule has 7 nitrogen and oxygen atoms in total. The lowest BCUT2D eigenvalue weighted by Gasteiger charge is -2.10. The fourth-order valence-electron chi connectivity index (χ4n) is 2.81. The van der Waals surface area contributed by atoms with Gasteiger partial charge in [0, 0.05) is 24.9 Å². The van der Waals surface area contributed by atoms with E-state index in [-0.39, 0.29) is 17.3 Å². The number of aromatic nitrogens is 3. The predicted octanol–water partition coefficient (Wildman–Crippen LogP) is 1.71. The Morgan fingerprint density at radius 3 is 2.92 bits per heavy atom. The number of rotatable bonds is 2. The molecule has 0 aliphatic carbocycles. The van der Waals surface area contributed by atoms with E-state index in [4.69, 9.17) is 5.73 Å². The smallest absolute Gasteiger partial charge is 0.253 e. The van der Waals surface area contributed by atoms with Gasteiger partial charge in [0.05, 0.1) is 28.2 Å². The van der Waals surface area contributed by atoms with Crippen molar-refractivity contribution < 1.29 is 9.90 Å². The van der Waals surface area contributed by atoms with Crippen molar-refractivity contribution in [1.82, 2.24) is 20.3 Å². The van der Waals surface area contributed by atoms with Gasteiger partial charge in [0.2, 0.25) is 0 Å². The molecule has 0 fully saturated rings. The van der Waals surface area contributed by atoms with E-state index in [1.165, 1.54) is 0 Å². The quantitative estimate of drug-likeness (QED) is 0.423. The summed E-state index contributed by atoms with van der Waals surface area (Å²) in [5.74, 6) is 0.246. The number of hydrogen-bond acceptors (Lipinski definition) is 5. The number of para-hydroxylation sites is 1. The lowest BCUT2D eigenvalue weighted by atomic mass is 10.1. The van der Waals surface area contributed by atoms with Crippen molar-refractivity contribution in [1.29, 1.82) is 0 Å². The molecule has 0 saturated heterocycles. The minimum Gasteiger partial charge on any atom is -0.505 e. The Kier molecular flexibility index (Phi) is 3.19. The van der Waals surface area contributed by atoms with E-state index in [1.54, 1.807) is 36.5 Å². The van der Waals surface area contributed by atoms with Gasteiger partial charge >= 0.3 is 0 Å². The zero-order valence-electron chi connectivity index (χ0n) is 12.7. The average molecular weight is 321 g/mol. The van der Waals surface area contributed by atoms with Gasteiger partial charge < -0.3 is 21.1 Å². The third-order valence-corrected chi connectivity index (χ3v) is 4.04. The Labute approximate surface area is 137 Å². The average Bonchev–Trinajstić information content (AvgIpc) is 3.03. The molecule has 0 saturated carbocycles. The lowest BCUT2D eigenvalue weighted by Crippen LogP contribution is -2.31. The van der Waals surface area contributed by atoms with Crippen molar-refractivity contribution >= 4 is 11.6 Å². The topological polar surface area (TPSA) is 117 Å². The fraction of sp³-hybridized carbons (Fsp3) is 0.118. The van der Waals surface area contributed by atoms with Crippen LogP contribution in [0.1, 0.15) is 16.1 Å². The van der Waals surface area contributed by atoms with Crippen molar-refractivity contribution in [3.8, 4) is 28.5 Å². The van der Waals surface area contributed by atoms with E-state index in [1.807, 2.05) is 0 Å². The van der Waals surface area contributed by atoms with Crippen LogP contribution in [0.2, 0.25) is 0 Å². The van der Waals surface area contributed by atoms with Gasteiger partial charge in [-0.1, -0.05) is 6.07 Å². The maximum absolute atomic E-state index is 11.9. The number of aromatic amines is 1. The molecule has 1 amide bonds. The van der Waals surface area contributed by atoms with Gasteiger partial charge in [-0.15, -0.1) is 0 Å². The maximum atomic E-state index is 11.9. The van der Waals surface area contributed by atoms with Crippen molar-refractivity contribution in [2.75, 3.05) is 12.3 Å². The minimum absolute atomic E-state index is 0.0418. The molecule has 120 valence electrons.